The van der Waals surface area contributed by atoms with Crippen LogP contribution >= 0.6 is 11.3 Å². The predicted molar refractivity (Wildman–Crippen MR) is 119 cm³/mol. The fourth-order valence-corrected chi connectivity index (χ4v) is 5.10. The molecule has 0 amide bonds. The molecule has 4 rings (SSSR count). The molecule has 2 aromatic carbocycles. The van der Waals surface area contributed by atoms with E-state index in [2.05, 4.69) is 75.1 Å². The molecule has 0 aliphatic heterocycles. The fourth-order valence-electron chi connectivity index (χ4n) is 4.27. The third kappa shape index (κ3) is 3.79. The summed E-state index contributed by atoms with van der Waals surface area (Å²) in [7, 11) is 0. The number of aromatic nitrogens is 1. The van der Waals surface area contributed by atoms with E-state index in [1.165, 1.54) is 23.1 Å². The number of ether oxygens (including phenoxy) is 1. The van der Waals surface area contributed by atoms with E-state index in [1.807, 2.05) is 0 Å². The molecule has 3 aromatic rings. The smallest absolute Gasteiger partial charge is 0.181 e. The number of rotatable bonds is 4. The van der Waals surface area contributed by atoms with Crippen LogP contribution in [0.1, 0.15) is 44.2 Å². The molecule has 1 aliphatic rings. The fraction of sp³-hybridized carbons (Fsp3) is 0.375. The number of nitrogen functional groups attached to an aromatic ring is 1. The second kappa shape index (κ2) is 7.25. The highest BCUT2D eigenvalue weighted by atomic mass is 32.1. The molecule has 2 N–H and O–H groups in total. The first kappa shape index (κ1) is 19.0. The van der Waals surface area contributed by atoms with Crippen LogP contribution in [0.25, 0.3) is 21.7 Å². The van der Waals surface area contributed by atoms with Crippen LogP contribution in [-0.2, 0) is 0 Å². The molecule has 1 fully saturated rings. The monoisotopic (exact) mass is 392 g/mol. The zero-order valence-electron chi connectivity index (χ0n) is 17.1. The van der Waals surface area contributed by atoms with Crippen molar-refractivity contribution in [3.63, 3.8) is 0 Å². The third-order valence-electron chi connectivity index (χ3n) is 5.68. The van der Waals surface area contributed by atoms with Gasteiger partial charge in [-0.2, -0.15) is 0 Å². The average Bonchev–Trinajstić information content (AvgIpc) is 3.17. The molecule has 3 nitrogen and oxygen atoms in total. The van der Waals surface area contributed by atoms with Gasteiger partial charge in [-0.25, -0.2) is 4.98 Å². The van der Waals surface area contributed by atoms with Crippen LogP contribution in [0.4, 0.5) is 5.13 Å². The Bertz CT molecular complexity index is 985. The average molecular weight is 393 g/mol. The van der Waals surface area contributed by atoms with Crippen molar-refractivity contribution >= 4 is 16.5 Å². The first-order valence-electron chi connectivity index (χ1n) is 9.92. The molecule has 4 heteroatoms. The molecule has 0 radical (unpaired) electrons. The molecule has 1 atom stereocenters. The van der Waals surface area contributed by atoms with E-state index in [0.717, 1.165) is 34.7 Å². The van der Waals surface area contributed by atoms with E-state index < -0.39 is 0 Å². The Morgan fingerprint density at radius 2 is 1.82 bits per heavy atom. The Labute approximate surface area is 171 Å². The number of benzene rings is 2. The van der Waals surface area contributed by atoms with Crippen LogP contribution in [0.5, 0.6) is 5.75 Å². The van der Waals surface area contributed by atoms with Gasteiger partial charge in [-0.3, -0.25) is 0 Å². The third-order valence-corrected chi connectivity index (χ3v) is 6.62. The Hall–Kier alpha value is -2.33. The number of hydrogen-bond acceptors (Lipinski definition) is 4. The minimum Gasteiger partial charge on any atom is -0.490 e. The molecule has 1 aliphatic carbocycles. The summed E-state index contributed by atoms with van der Waals surface area (Å²) in [6.45, 7) is 8.90. The number of nitrogens with two attached hydrogens (primary N) is 1. The first-order valence-corrected chi connectivity index (χ1v) is 10.7. The number of hydrogen-bond donors (Lipinski definition) is 1. The van der Waals surface area contributed by atoms with Crippen LogP contribution in [0, 0.1) is 19.3 Å². The Balaban J connectivity index is 1.69. The normalized spacial score (nSPS) is 18.4. The summed E-state index contributed by atoms with van der Waals surface area (Å²) < 4.78 is 6.33. The highest BCUT2D eigenvalue weighted by molar-refractivity contribution is 7.19. The molecular weight excluding hydrogens is 364 g/mol. The number of anilines is 1. The van der Waals surface area contributed by atoms with Gasteiger partial charge in [-0.15, -0.1) is 0 Å². The van der Waals surface area contributed by atoms with Gasteiger partial charge < -0.3 is 10.5 Å². The van der Waals surface area contributed by atoms with E-state index in [0.29, 0.717) is 16.7 Å². The topological polar surface area (TPSA) is 48.1 Å². The van der Waals surface area contributed by atoms with Crippen molar-refractivity contribution in [2.45, 2.75) is 53.1 Å². The van der Waals surface area contributed by atoms with Crippen LogP contribution in [0.2, 0.25) is 0 Å². The molecule has 146 valence electrons. The lowest BCUT2D eigenvalue weighted by Crippen LogP contribution is -2.14. The molecule has 1 heterocycles. The van der Waals surface area contributed by atoms with Crippen molar-refractivity contribution in [1.82, 2.24) is 4.98 Å². The summed E-state index contributed by atoms with van der Waals surface area (Å²) in [5, 5.41) is 0.594. The largest absolute Gasteiger partial charge is 0.490 e. The van der Waals surface area contributed by atoms with Gasteiger partial charge in [0.2, 0.25) is 0 Å². The summed E-state index contributed by atoms with van der Waals surface area (Å²) in [6, 6.07) is 14.7. The SMILES string of the molecule is Cc1cccc(C)c1-c1nc(N)sc1-c1cccc(OC2CCC(C)(C)C2)c1. The van der Waals surface area contributed by atoms with Crippen LogP contribution in [0.15, 0.2) is 42.5 Å². The Kier molecular flexibility index (Phi) is 4.92. The molecule has 28 heavy (non-hydrogen) atoms. The van der Waals surface area contributed by atoms with Gasteiger partial charge in [0.05, 0.1) is 16.7 Å². The van der Waals surface area contributed by atoms with Crippen molar-refractivity contribution < 1.29 is 4.74 Å². The van der Waals surface area contributed by atoms with Gasteiger partial charge in [0.1, 0.15) is 5.75 Å². The van der Waals surface area contributed by atoms with E-state index in [1.54, 1.807) is 11.3 Å². The molecule has 0 spiro atoms. The molecule has 1 unspecified atom stereocenters. The first-order chi connectivity index (χ1) is 13.3. The highest BCUT2D eigenvalue weighted by Gasteiger charge is 2.32. The summed E-state index contributed by atoms with van der Waals surface area (Å²) in [4.78, 5) is 5.79. The zero-order valence-corrected chi connectivity index (χ0v) is 17.9. The summed E-state index contributed by atoms with van der Waals surface area (Å²) in [5.74, 6) is 0.930. The van der Waals surface area contributed by atoms with Gasteiger partial charge >= 0.3 is 0 Å². The number of nitrogens with zero attached hydrogens (tertiary/aromatic N) is 1. The second-order valence-corrected chi connectivity index (χ2v) is 9.70. The van der Waals surface area contributed by atoms with Crippen molar-refractivity contribution in [3.8, 4) is 27.4 Å². The van der Waals surface area contributed by atoms with Gasteiger partial charge in [-0.1, -0.05) is 55.5 Å². The van der Waals surface area contributed by atoms with Crippen molar-refractivity contribution in [2.24, 2.45) is 5.41 Å². The zero-order chi connectivity index (χ0) is 19.9. The van der Waals surface area contributed by atoms with Gasteiger partial charge in [0.15, 0.2) is 5.13 Å². The molecule has 0 saturated heterocycles. The van der Waals surface area contributed by atoms with Gasteiger partial charge in [-0.05, 0) is 67.3 Å². The van der Waals surface area contributed by atoms with E-state index in [-0.39, 0.29) is 0 Å². The maximum Gasteiger partial charge on any atom is 0.181 e. The molecular formula is C24H28N2OS. The molecule has 1 aromatic heterocycles. The Morgan fingerprint density at radius 1 is 1.11 bits per heavy atom. The van der Waals surface area contributed by atoms with E-state index in [9.17, 15) is 0 Å². The maximum atomic E-state index is 6.33. The van der Waals surface area contributed by atoms with Crippen LogP contribution < -0.4 is 10.5 Å². The lowest BCUT2D eigenvalue weighted by molar-refractivity contribution is 0.193. The standard InChI is InChI=1S/C24H28N2OS/c1-15-7-5-8-16(2)20(15)21-22(28-23(25)26-21)17-9-6-10-18(13-17)27-19-11-12-24(3,4)14-19/h5-10,13,19H,11-12,14H2,1-4H3,(H2,25,26). The molecule has 0 bridgehead atoms. The van der Waals surface area contributed by atoms with Gasteiger partial charge in [0, 0.05) is 5.56 Å². The quantitative estimate of drug-likeness (QED) is 0.542. The van der Waals surface area contributed by atoms with Crippen molar-refractivity contribution in [3.05, 3.63) is 53.6 Å². The van der Waals surface area contributed by atoms with E-state index >= 15 is 0 Å². The number of thiazole rings is 1. The number of aryl methyl sites for hydroxylation is 2. The minimum absolute atomic E-state index is 0.301. The predicted octanol–water partition coefficient (Wildman–Crippen LogP) is 6.63. The summed E-state index contributed by atoms with van der Waals surface area (Å²) in [6.07, 6.45) is 3.76. The van der Waals surface area contributed by atoms with Crippen molar-refractivity contribution in [2.75, 3.05) is 5.73 Å². The molecule has 1 saturated carbocycles. The maximum absolute atomic E-state index is 6.33. The Morgan fingerprint density at radius 3 is 2.50 bits per heavy atom. The van der Waals surface area contributed by atoms with Crippen molar-refractivity contribution in [1.29, 1.82) is 0 Å². The minimum atomic E-state index is 0.301. The summed E-state index contributed by atoms with van der Waals surface area (Å²) in [5.41, 5.74) is 12.2. The van der Waals surface area contributed by atoms with Gasteiger partial charge in [0.25, 0.3) is 0 Å². The van der Waals surface area contributed by atoms with Crippen LogP contribution in [-0.4, -0.2) is 11.1 Å². The lowest BCUT2D eigenvalue weighted by Gasteiger charge is -2.18. The second-order valence-electron chi connectivity index (χ2n) is 8.67. The highest BCUT2D eigenvalue weighted by Crippen LogP contribution is 2.42. The lowest BCUT2D eigenvalue weighted by atomic mass is 9.92. The summed E-state index contributed by atoms with van der Waals surface area (Å²) >= 11 is 1.54. The van der Waals surface area contributed by atoms with E-state index in [4.69, 9.17) is 10.5 Å². The van der Waals surface area contributed by atoms with Crippen LogP contribution in [0.3, 0.4) is 0 Å².